The number of ether oxygens (including phenoxy) is 6. The molecule has 282 valence electrons. The lowest BCUT2D eigenvalue weighted by Gasteiger charge is -2.31. The molecule has 3 N–H and O–H groups in total. The molecule has 0 unspecified atom stereocenters. The Hall–Kier alpha value is -3.83. The number of alkyl carbamates (subject to hydrolysis) is 1. The van der Waals surface area contributed by atoms with Gasteiger partial charge in [0.1, 0.15) is 11.9 Å². The summed E-state index contributed by atoms with van der Waals surface area (Å²) in [7, 11) is -0.705. The molecule has 3 heterocycles. The second-order valence-corrected chi connectivity index (χ2v) is 15.5. The van der Waals surface area contributed by atoms with E-state index in [0.29, 0.717) is 43.4 Å². The highest BCUT2D eigenvalue weighted by atomic mass is 32.2. The molecule has 0 aliphatic carbocycles. The number of hydrogen-bond donors (Lipinski definition) is 3. The van der Waals surface area contributed by atoms with Gasteiger partial charge in [0, 0.05) is 39.8 Å². The van der Waals surface area contributed by atoms with Crippen molar-refractivity contribution < 1.29 is 51.5 Å². The summed E-state index contributed by atoms with van der Waals surface area (Å²) >= 11 is 0. The molecule has 0 bridgehead atoms. The van der Waals surface area contributed by atoms with E-state index in [0.717, 1.165) is 18.4 Å². The number of sulfonamides is 1. The smallest absolute Gasteiger partial charge is 0.407 e. The van der Waals surface area contributed by atoms with Crippen molar-refractivity contribution in [3.05, 3.63) is 48.0 Å². The second-order valence-electron chi connectivity index (χ2n) is 13.5. The maximum atomic E-state index is 13.9. The third kappa shape index (κ3) is 10.4. The van der Waals surface area contributed by atoms with Crippen LogP contribution in [0.2, 0.25) is 0 Å². The minimum atomic E-state index is -4.08. The summed E-state index contributed by atoms with van der Waals surface area (Å²) in [6.45, 7) is 5.36. The molecule has 3 aliphatic heterocycles. The molecule has 5 rings (SSSR count). The van der Waals surface area contributed by atoms with Gasteiger partial charge in [-0.15, -0.1) is 0 Å². The third-order valence-corrected chi connectivity index (χ3v) is 10.7. The molecule has 15 nitrogen and oxygen atoms in total. The van der Waals surface area contributed by atoms with Crippen LogP contribution in [0.15, 0.2) is 47.4 Å². The van der Waals surface area contributed by atoms with Crippen LogP contribution in [0.25, 0.3) is 0 Å². The van der Waals surface area contributed by atoms with Gasteiger partial charge in [-0.05, 0) is 61.4 Å². The summed E-state index contributed by atoms with van der Waals surface area (Å²) in [6, 6.07) is 10.6. The van der Waals surface area contributed by atoms with Crippen LogP contribution < -0.4 is 24.8 Å². The summed E-state index contributed by atoms with van der Waals surface area (Å²) < 4.78 is 62.6. The van der Waals surface area contributed by atoms with Gasteiger partial charge in [-0.1, -0.05) is 26.0 Å². The number of nitrogens with zero attached hydrogens (tertiary/aromatic N) is 2. The molecule has 16 heteroatoms. The molecular formula is C35H50N4O11S. The number of nitrogens with one attached hydrogen (secondary N) is 2. The van der Waals surface area contributed by atoms with Gasteiger partial charge in [0.15, 0.2) is 17.8 Å². The number of rotatable bonds is 17. The van der Waals surface area contributed by atoms with Crippen LogP contribution in [-0.4, -0.2) is 120 Å². The Morgan fingerprint density at radius 2 is 1.78 bits per heavy atom. The first-order valence-electron chi connectivity index (χ1n) is 17.4. The predicted molar refractivity (Wildman–Crippen MR) is 185 cm³/mol. The van der Waals surface area contributed by atoms with Gasteiger partial charge in [-0.2, -0.15) is 4.31 Å². The molecule has 3 amide bonds. The molecule has 0 saturated carbocycles. The fourth-order valence-electron chi connectivity index (χ4n) is 6.10. The fraction of sp³-hybridized carbons (Fsp3) is 0.600. The van der Waals surface area contributed by atoms with Gasteiger partial charge >= 0.3 is 12.1 Å². The quantitative estimate of drug-likeness (QED) is 0.204. The number of fused-ring (bicyclic) bond motifs is 2. The Bertz CT molecular complexity index is 1570. The van der Waals surface area contributed by atoms with Crippen molar-refractivity contribution in [1.29, 1.82) is 0 Å². The van der Waals surface area contributed by atoms with Gasteiger partial charge < -0.3 is 49.1 Å². The lowest BCUT2D eigenvalue weighted by atomic mass is 10.0. The van der Waals surface area contributed by atoms with Crippen LogP contribution in [0.5, 0.6) is 17.2 Å². The fourth-order valence-corrected chi connectivity index (χ4v) is 7.74. The van der Waals surface area contributed by atoms with E-state index >= 15 is 0 Å². The number of unbranched alkanes of at least 4 members (excludes halogenated alkanes) is 1. The Morgan fingerprint density at radius 3 is 2.53 bits per heavy atom. The molecule has 2 fully saturated rings. The van der Waals surface area contributed by atoms with E-state index in [1.165, 1.54) is 21.3 Å². The van der Waals surface area contributed by atoms with Crippen molar-refractivity contribution in [3.8, 4) is 17.2 Å². The Morgan fingerprint density at radius 1 is 1.02 bits per heavy atom. The van der Waals surface area contributed by atoms with Crippen molar-refractivity contribution in [1.82, 2.24) is 19.8 Å². The zero-order chi connectivity index (χ0) is 36.5. The topological polar surface area (TPSA) is 174 Å². The first-order valence-corrected chi connectivity index (χ1v) is 18.8. The molecule has 2 aromatic rings. The van der Waals surface area contributed by atoms with Crippen LogP contribution in [0.1, 0.15) is 38.7 Å². The van der Waals surface area contributed by atoms with Crippen molar-refractivity contribution in [3.63, 3.8) is 0 Å². The SMILES string of the molecule is CC(C)CN(C[C@@H](O)[C@H](Cc1ccc(OCCCCNC(=O)N(C)C)cc1)NC(=O)O[C@H]1CO[C@H]2OCC[C@H]21)S(=O)(=O)c1ccc2c(c1)OCO2. The molecule has 2 aromatic carbocycles. The minimum absolute atomic E-state index is 0.00338. The summed E-state index contributed by atoms with van der Waals surface area (Å²) in [4.78, 5) is 26.4. The zero-order valence-electron chi connectivity index (χ0n) is 29.6. The van der Waals surface area contributed by atoms with E-state index in [1.807, 2.05) is 26.0 Å². The van der Waals surface area contributed by atoms with Crippen molar-refractivity contribution in [2.24, 2.45) is 11.8 Å². The van der Waals surface area contributed by atoms with Gasteiger partial charge in [0.25, 0.3) is 0 Å². The molecule has 0 aromatic heterocycles. The number of benzene rings is 2. The highest BCUT2D eigenvalue weighted by Gasteiger charge is 2.44. The number of amides is 3. The van der Waals surface area contributed by atoms with E-state index in [2.05, 4.69) is 10.6 Å². The summed E-state index contributed by atoms with van der Waals surface area (Å²) in [5, 5.41) is 17.3. The number of urea groups is 1. The Labute approximate surface area is 299 Å². The normalized spacial score (nSPS) is 20.6. The van der Waals surface area contributed by atoms with Gasteiger partial charge in [-0.3, -0.25) is 0 Å². The monoisotopic (exact) mass is 734 g/mol. The predicted octanol–water partition coefficient (Wildman–Crippen LogP) is 2.95. The van der Waals surface area contributed by atoms with Crippen LogP contribution in [0.3, 0.4) is 0 Å². The van der Waals surface area contributed by atoms with E-state index in [4.69, 9.17) is 28.4 Å². The van der Waals surface area contributed by atoms with Gasteiger partial charge in [0.05, 0.1) is 42.8 Å². The zero-order valence-corrected chi connectivity index (χ0v) is 30.4. The molecule has 5 atom stereocenters. The summed E-state index contributed by atoms with van der Waals surface area (Å²) in [6.07, 6.45) is -0.561. The summed E-state index contributed by atoms with van der Waals surface area (Å²) in [5.74, 6) is 1.29. The molecular weight excluding hydrogens is 684 g/mol. The molecule has 0 spiro atoms. The minimum Gasteiger partial charge on any atom is -0.494 e. The maximum Gasteiger partial charge on any atom is 0.407 e. The van der Waals surface area contributed by atoms with Gasteiger partial charge in [-0.25, -0.2) is 18.0 Å². The molecule has 51 heavy (non-hydrogen) atoms. The Kier molecular flexibility index (Phi) is 13.2. The summed E-state index contributed by atoms with van der Waals surface area (Å²) in [5.41, 5.74) is 0.778. The maximum absolute atomic E-state index is 13.9. The largest absolute Gasteiger partial charge is 0.494 e. The van der Waals surface area contributed by atoms with E-state index in [9.17, 15) is 23.1 Å². The average Bonchev–Trinajstić information content (AvgIpc) is 3.85. The van der Waals surface area contributed by atoms with Gasteiger partial charge in [0.2, 0.25) is 16.8 Å². The first kappa shape index (κ1) is 38.4. The highest BCUT2D eigenvalue weighted by molar-refractivity contribution is 7.89. The number of hydrogen-bond acceptors (Lipinski definition) is 11. The number of carbonyl (C=O) groups is 2. The number of aliphatic hydroxyl groups is 1. The second kappa shape index (κ2) is 17.6. The molecule has 2 saturated heterocycles. The lowest BCUT2D eigenvalue weighted by molar-refractivity contribution is -0.0907. The first-order chi connectivity index (χ1) is 24.4. The number of carbonyl (C=O) groups excluding carboxylic acids is 2. The highest BCUT2D eigenvalue weighted by Crippen LogP contribution is 2.35. The van der Waals surface area contributed by atoms with Crippen LogP contribution in [-0.2, 0) is 30.7 Å². The number of aliphatic hydroxyl groups excluding tert-OH is 1. The van der Waals surface area contributed by atoms with E-state index in [-0.39, 0.29) is 55.7 Å². The lowest BCUT2D eigenvalue weighted by Crippen LogP contribution is -2.51. The average molecular weight is 735 g/mol. The van der Waals surface area contributed by atoms with Crippen LogP contribution >= 0.6 is 0 Å². The molecule has 0 radical (unpaired) electrons. The third-order valence-electron chi connectivity index (χ3n) is 8.85. The van der Waals surface area contributed by atoms with E-state index < -0.39 is 40.7 Å². The van der Waals surface area contributed by atoms with Crippen molar-refractivity contribution >= 4 is 22.1 Å². The van der Waals surface area contributed by atoms with E-state index in [1.54, 1.807) is 32.3 Å². The van der Waals surface area contributed by atoms with Crippen molar-refractivity contribution in [2.75, 3.05) is 60.3 Å². The van der Waals surface area contributed by atoms with Crippen LogP contribution in [0, 0.1) is 11.8 Å². The van der Waals surface area contributed by atoms with Crippen molar-refractivity contribution in [2.45, 2.75) is 69.0 Å². The van der Waals surface area contributed by atoms with Crippen LogP contribution in [0.4, 0.5) is 9.59 Å². The molecule has 3 aliphatic rings. The standard InChI is InChI=1S/C35H50N4O11S/c1-23(2)19-39(51(43,44)26-11-12-30-31(18-26)49-22-48-30)20-29(40)28(37-35(42)50-32-21-47-33-27(32)13-16-46-33)17-24-7-9-25(10-8-24)45-15-6-5-14-36-34(41)38(3)4/h7-12,18,23,27-29,32-33,40H,5-6,13-17,19-22H2,1-4H3,(H,36,41)(H,37,42)/t27-,28-,29+,32-,33+/m0/s1. The Balaban J connectivity index is 1.25.